The Morgan fingerprint density at radius 1 is 0.545 bits per heavy atom. The Balaban J connectivity index is 6.48. The van der Waals surface area contributed by atoms with Gasteiger partial charge in [0.1, 0.15) is 6.10 Å². The molecule has 1 unspecified atom stereocenters. The van der Waals surface area contributed by atoms with Crippen LogP contribution in [0.25, 0.3) is 0 Å². The second-order valence-electron chi connectivity index (χ2n) is 13.4. The highest BCUT2D eigenvalue weighted by Crippen LogP contribution is 2.27. The van der Waals surface area contributed by atoms with Gasteiger partial charge < -0.3 is 22.1 Å². The molecule has 0 saturated carbocycles. The van der Waals surface area contributed by atoms with Crippen LogP contribution in [0.4, 0.5) is 0 Å². The minimum absolute atomic E-state index is 0.00940. The topological polar surface area (TPSA) is 80.3 Å². The molecule has 0 aliphatic rings. The van der Waals surface area contributed by atoms with Gasteiger partial charge in [0.25, 0.3) is 5.97 Å². The molecule has 0 heterocycles. The van der Waals surface area contributed by atoms with Crippen LogP contribution in [0.2, 0.25) is 98.2 Å². The van der Waals surface area contributed by atoms with Gasteiger partial charge in [-0.05, 0) is 98.2 Å². The summed E-state index contributed by atoms with van der Waals surface area (Å²) in [6.07, 6.45) is -2.37. The summed E-state index contributed by atoms with van der Waals surface area (Å²) in [7, 11) is -10.7. The Morgan fingerprint density at radius 2 is 0.939 bits per heavy atom. The van der Waals surface area contributed by atoms with Gasteiger partial charge in [-0.15, -0.1) is 0 Å². The van der Waals surface area contributed by atoms with E-state index in [0.29, 0.717) is 0 Å². The van der Waals surface area contributed by atoms with E-state index in [1.807, 2.05) is 58.9 Å². The summed E-state index contributed by atoms with van der Waals surface area (Å²) in [5, 5.41) is 0. The second kappa shape index (κ2) is 11.8. The van der Waals surface area contributed by atoms with Crippen LogP contribution in [0.15, 0.2) is 0 Å². The first-order chi connectivity index (χ1) is 14.3. The first-order valence-electron chi connectivity index (χ1n) is 11.8. The van der Waals surface area contributed by atoms with E-state index >= 15 is 0 Å². The van der Waals surface area contributed by atoms with Crippen LogP contribution in [-0.2, 0) is 31.7 Å². The van der Waals surface area contributed by atoms with Crippen LogP contribution in [0, 0.1) is 0 Å². The van der Waals surface area contributed by atoms with Gasteiger partial charge in [0, 0.05) is 0 Å². The molecule has 12 heteroatoms. The normalized spacial score (nSPS) is 16.7. The molecule has 0 fully saturated rings. The SMILES string of the molecule is C[Si](C)(C)OC(=O)C[C@H](O[Si](C)(C)C)[C@@H](O[Si](C)(C)C)C(O[Si](C)(C)C)C(=O)O[Si](C)(C)C. The van der Waals surface area contributed by atoms with Crippen LogP contribution in [0.3, 0.4) is 0 Å². The van der Waals surface area contributed by atoms with Gasteiger partial charge in [0.15, 0.2) is 31.1 Å². The summed E-state index contributed by atoms with van der Waals surface area (Å²) in [6, 6.07) is 0. The standard InChI is InChI=1S/C21H50O7Si5/c1-29(2,3)24-17(16-18(22)25-30(4,5)6)19(26-31(7,8)9)20(27-32(10,11)12)21(23)28-33(13,14)15/h17,19-20H,16H2,1-15H3/t17-,19+,20?/m0/s1. The predicted octanol–water partition coefficient (Wildman–Crippen LogP) is 5.79. The largest absolute Gasteiger partial charge is 0.520 e. The lowest BCUT2D eigenvalue weighted by Crippen LogP contribution is -2.57. The van der Waals surface area contributed by atoms with E-state index in [2.05, 4.69) is 39.3 Å². The van der Waals surface area contributed by atoms with Crippen molar-refractivity contribution < 1.29 is 31.7 Å². The molecule has 0 aliphatic carbocycles. The molecule has 196 valence electrons. The molecule has 0 bridgehead atoms. The highest BCUT2D eigenvalue weighted by atomic mass is 28.4. The fraction of sp³-hybridized carbons (Fsp3) is 0.905. The number of hydrogen-bond acceptors (Lipinski definition) is 7. The quantitative estimate of drug-likeness (QED) is 0.266. The third-order valence-electron chi connectivity index (χ3n) is 3.57. The Morgan fingerprint density at radius 3 is 1.27 bits per heavy atom. The maximum atomic E-state index is 13.4. The number of rotatable bonds is 13. The fourth-order valence-corrected chi connectivity index (χ4v) is 7.65. The summed E-state index contributed by atoms with van der Waals surface area (Å²) in [4.78, 5) is 26.3. The maximum absolute atomic E-state index is 13.4. The Bertz CT molecular complexity index is 652. The van der Waals surface area contributed by atoms with E-state index in [-0.39, 0.29) is 12.4 Å². The molecule has 7 nitrogen and oxygen atoms in total. The first-order valence-corrected chi connectivity index (χ1v) is 28.8. The zero-order valence-corrected chi connectivity index (χ0v) is 28.8. The summed E-state index contributed by atoms with van der Waals surface area (Å²) in [5.41, 5.74) is 0. The van der Waals surface area contributed by atoms with Crippen LogP contribution in [0.1, 0.15) is 6.42 Å². The van der Waals surface area contributed by atoms with Gasteiger partial charge in [-0.25, -0.2) is 0 Å². The monoisotopic (exact) mass is 554 g/mol. The van der Waals surface area contributed by atoms with Crippen LogP contribution < -0.4 is 0 Å². The second-order valence-corrected chi connectivity index (χ2v) is 35.7. The lowest BCUT2D eigenvalue weighted by Gasteiger charge is -2.41. The van der Waals surface area contributed by atoms with Gasteiger partial charge in [-0.2, -0.15) is 0 Å². The molecule has 0 aromatic rings. The minimum Gasteiger partial charge on any atom is -0.520 e. The van der Waals surface area contributed by atoms with Crippen LogP contribution in [-0.4, -0.2) is 71.8 Å². The average Bonchev–Trinajstić information content (AvgIpc) is 2.42. The van der Waals surface area contributed by atoms with Crippen LogP contribution >= 0.6 is 0 Å². The molecular weight excluding hydrogens is 505 g/mol. The van der Waals surface area contributed by atoms with Crippen molar-refractivity contribution in [2.75, 3.05) is 0 Å². The molecule has 0 aromatic carbocycles. The number of carbonyl (C=O) groups excluding carboxylic acids is 2. The molecule has 0 radical (unpaired) electrons. The van der Waals surface area contributed by atoms with Gasteiger partial charge >= 0.3 is 5.97 Å². The molecule has 0 saturated heterocycles. The smallest absolute Gasteiger partial charge is 0.323 e. The van der Waals surface area contributed by atoms with Gasteiger partial charge in [-0.1, -0.05) is 0 Å². The van der Waals surface area contributed by atoms with E-state index < -0.39 is 65.9 Å². The lowest BCUT2D eigenvalue weighted by molar-refractivity contribution is -0.155. The minimum atomic E-state index is -2.18. The predicted molar refractivity (Wildman–Crippen MR) is 148 cm³/mol. The van der Waals surface area contributed by atoms with Crippen molar-refractivity contribution in [2.24, 2.45) is 0 Å². The highest BCUT2D eigenvalue weighted by Gasteiger charge is 2.45. The van der Waals surface area contributed by atoms with Crippen molar-refractivity contribution in [3.63, 3.8) is 0 Å². The zero-order valence-electron chi connectivity index (χ0n) is 23.8. The molecule has 0 rings (SSSR count). The van der Waals surface area contributed by atoms with E-state index in [1.165, 1.54) is 0 Å². The van der Waals surface area contributed by atoms with Crippen molar-refractivity contribution in [3.05, 3.63) is 0 Å². The highest BCUT2D eigenvalue weighted by molar-refractivity contribution is 6.72. The third kappa shape index (κ3) is 17.1. The van der Waals surface area contributed by atoms with Crippen LogP contribution in [0.5, 0.6) is 0 Å². The van der Waals surface area contributed by atoms with E-state index in [4.69, 9.17) is 22.1 Å². The lowest BCUT2D eigenvalue weighted by atomic mass is 10.1. The van der Waals surface area contributed by atoms with E-state index in [9.17, 15) is 9.59 Å². The van der Waals surface area contributed by atoms with Crippen molar-refractivity contribution in [1.29, 1.82) is 0 Å². The van der Waals surface area contributed by atoms with Crippen molar-refractivity contribution in [1.82, 2.24) is 0 Å². The first kappa shape index (κ1) is 32.9. The molecule has 0 aliphatic heterocycles. The molecule has 0 N–H and O–H groups in total. The van der Waals surface area contributed by atoms with Gasteiger partial charge in [-0.3, -0.25) is 9.59 Å². The van der Waals surface area contributed by atoms with E-state index in [0.717, 1.165) is 0 Å². The zero-order chi connectivity index (χ0) is 26.6. The van der Waals surface area contributed by atoms with Crippen molar-refractivity contribution in [3.8, 4) is 0 Å². The Labute approximate surface area is 207 Å². The average molecular weight is 555 g/mol. The molecule has 0 aromatic heterocycles. The maximum Gasteiger partial charge on any atom is 0.323 e. The van der Waals surface area contributed by atoms with Crippen molar-refractivity contribution in [2.45, 2.75) is 123 Å². The molecular formula is C21H50O7Si5. The fourth-order valence-electron chi connectivity index (χ4n) is 2.96. The molecule has 0 spiro atoms. The molecule has 0 amide bonds. The summed E-state index contributed by atoms with van der Waals surface area (Å²) >= 11 is 0. The molecule has 33 heavy (non-hydrogen) atoms. The summed E-state index contributed by atoms with van der Waals surface area (Å²) in [6.45, 7) is 30.2. The number of hydrogen-bond donors (Lipinski definition) is 0. The molecule has 3 atom stereocenters. The van der Waals surface area contributed by atoms with Crippen molar-refractivity contribution >= 4 is 53.5 Å². The summed E-state index contributed by atoms with van der Waals surface area (Å²) in [5.74, 6) is -0.755. The third-order valence-corrected chi connectivity index (χ3v) is 8.17. The van der Waals surface area contributed by atoms with E-state index in [1.54, 1.807) is 0 Å². The number of carbonyl (C=O) groups is 2. The Hall–Kier alpha value is -0.0956. The summed E-state index contributed by atoms with van der Waals surface area (Å²) < 4.78 is 31.1. The van der Waals surface area contributed by atoms with Gasteiger partial charge in [0.2, 0.25) is 16.6 Å². The van der Waals surface area contributed by atoms with Gasteiger partial charge in [0.05, 0.1) is 12.5 Å². The Kier molecular flexibility index (Phi) is 11.7.